The first-order chi connectivity index (χ1) is 9.58. The molecule has 108 valence electrons. The Hall–Kier alpha value is -1.88. The van der Waals surface area contributed by atoms with E-state index in [0.717, 1.165) is 12.1 Å². The molecule has 1 heterocycles. The molecule has 0 saturated carbocycles. The van der Waals surface area contributed by atoms with Gasteiger partial charge in [0.25, 0.3) is 0 Å². The molecule has 1 unspecified atom stereocenters. The molecule has 2 rings (SSSR count). The minimum atomic E-state index is -0.389. The van der Waals surface area contributed by atoms with E-state index in [1.165, 1.54) is 0 Å². The van der Waals surface area contributed by atoms with Crippen LogP contribution in [0.15, 0.2) is 30.3 Å². The van der Waals surface area contributed by atoms with Gasteiger partial charge in [0.05, 0.1) is 12.5 Å². The maximum Gasteiger partial charge on any atom is 0.240 e. The van der Waals surface area contributed by atoms with Gasteiger partial charge in [-0.1, -0.05) is 30.3 Å². The number of likely N-dealkylation sites (N-methyl/N-ethyl adjacent to an activating group) is 1. The van der Waals surface area contributed by atoms with E-state index in [-0.39, 0.29) is 24.3 Å². The van der Waals surface area contributed by atoms with Gasteiger partial charge in [-0.3, -0.25) is 9.59 Å². The fourth-order valence-corrected chi connectivity index (χ4v) is 2.31. The molecule has 5 nitrogen and oxygen atoms in total. The van der Waals surface area contributed by atoms with E-state index in [4.69, 9.17) is 0 Å². The predicted octanol–water partition coefficient (Wildman–Crippen LogP) is 0.465. The summed E-state index contributed by atoms with van der Waals surface area (Å²) in [5.74, 6) is -0.0206. The number of carbonyl (C=O) groups excluding carboxylic acids is 2. The zero-order valence-corrected chi connectivity index (χ0v) is 12.0. The first-order valence-corrected chi connectivity index (χ1v) is 6.84. The summed E-state index contributed by atoms with van der Waals surface area (Å²) in [4.78, 5) is 27.5. The van der Waals surface area contributed by atoms with Crippen LogP contribution >= 0.6 is 0 Å². The topological polar surface area (TPSA) is 52.7 Å². The summed E-state index contributed by atoms with van der Waals surface area (Å²) in [6.07, 6.45) is 0.215. The molecule has 1 aliphatic rings. The van der Waals surface area contributed by atoms with Gasteiger partial charge in [0.2, 0.25) is 11.8 Å². The smallest absolute Gasteiger partial charge is 0.240 e. The largest absolute Gasteiger partial charge is 0.343 e. The van der Waals surface area contributed by atoms with Gasteiger partial charge in [-0.2, -0.15) is 0 Å². The van der Waals surface area contributed by atoms with Gasteiger partial charge in [0.1, 0.15) is 0 Å². The Morgan fingerprint density at radius 1 is 1.40 bits per heavy atom. The highest BCUT2D eigenvalue weighted by Gasteiger charge is 2.28. The number of nitrogens with zero attached hydrogens (tertiary/aromatic N) is 2. The summed E-state index contributed by atoms with van der Waals surface area (Å²) in [6, 6.07) is 9.44. The molecule has 1 aliphatic heterocycles. The highest BCUT2D eigenvalue weighted by Crippen LogP contribution is 2.08. The zero-order valence-electron chi connectivity index (χ0n) is 12.0. The summed E-state index contributed by atoms with van der Waals surface area (Å²) in [5, 5.41) is 3.11. The average Bonchev–Trinajstić information content (AvgIpc) is 2.45. The van der Waals surface area contributed by atoms with Crippen molar-refractivity contribution < 1.29 is 9.59 Å². The van der Waals surface area contributed by atoms with Crippen molar-refractivity contribution in [1.82, 2.24) is 15.1 Å². The fourth-order valence-electron chi connectivity index (χ4n) is 2.31. The maximum atomic E-state index is 12.2. The summed E-state index contributed by atoms with van der Waals surface area (Å²) >= 11 is 0. The number of piperazine rings is 1. The van der Waals surface area contributed by atoms with Crippen LogP contribution in [-0.2, 0) is 16.1 Å². The van der Waals surface area contributed by atoms with Crippen LogP contribution in [0, 0.1) is 0 Å². The van der Waals surface area contributed by atoms with Crippen molar-refractivity contribution in [3.05, 3.63) is 35.9 Å². The molecule has 1 atom stereocenters. The Morgan fingerprint density at radius 3 is 2.80 bits per heavy atom. The molecule has 1 aromatic carbocycles. The number of carbonyl (C=O) groups is 2. The number of hydrogen-bond donors (Lipinski definition) is 1. The molecular weight excluding hydrogens is 254 g/mol. The number of amides is 2. The van der Waals surface area contributed by atoms with Crippen molar-refractivity contribution in [1.29, 1.82) is 0 Å². The van der Waals surface area contributed by atoms with Crippen molar-refractivity contribution in [3.63, 3.8) is 0 Å². The monoisotopic (exact) mass is 275 g/mol. The third-order valence-electron chi connectivity index (χ3n) is 3.58. The molecule has 1 aromatic rings. The molecule has 0 bridgehead atoms. The van der Waals surface area contributed by atoms with Crippen LogP contribution in [-0.4, -0.2) is 54.8 Å². The van der Waals surface area contributed by atoms with Crippen molar-refractivity contribution in [2.24, 2.45) is 0 Å². The van der Waals surface area contributed by atoms with Crippen LogP contribution in [0.3, 0.4) is 0 Å². The minimum absolute atomic E-state index is 0.00212. The Labute approximate surface area is 119 Å². The predicted molar refractivity (Wildman–Crippen MR) is 77.0 cm³/mol. The number of rotatable bonds is 4. The normalized spacial score (nSPS) is 19.0. The van der Waals surface area contributed by atoms with E-state index in [2.05, 4.69) is 5.32 Å². The Kier molecular flexibility index (Phi) is 4.74. The molecule has 2 amide bonds. The molecule has 20 heavy (non-hydrogen) atoms. The lowest BCUT2D eigenvalue weighted by Gasteiger charge is -2.31. The van der Waals surface area contributed by atoms with Gasteiger partial charge in [-0.25, -0.2) is 0 Å². The third-order valence-corrected chi connectivity index (χ3v) is 3.58. The maximum absolute atomic E-state index is 12.2. The molecule has 1 fully saturated rings. The van der Waals surface area contributed by atoms with E-state index in [9.17, 15) is 9.59 Å². The lowest BCUT2D eigenvalue weighted by Crippen LogP contribution is -2.54. The van der Waals surface area contributed by atoms with E-state index < -0.39 is 0 Å². The second-order valence-electron chi connectivity index (χ2n) is 5.21. The minimum Gasteiger partial charge on any atom is -0.343 e. The van der Waals surface area contributed by atoms with Crippen molar-refractivity contribution in [3.8, 4) is 0 Å². The second-order valence-corrected chi connectivity index (χ2v) is 5.21. The summed E-state index contributed by atoms with van der Waals surface area (Å²) in [6.45, 7) is 2.00. The van der Waals surface area contributed by atoms with E-state index >= 15 is 0 Å². The van der Waals surface area contributed by atoms with Crippen molar-refractivity contribution in [2.45, 2.75) is 19.0 Å². The van der Waals surface area contributed by atoms with E-state index in [0.29, 0.717) is 13.1 Å². The highest BCUT2D eigenvalue weighted by atomic mass is 16.2. The Bertz CT molecular complexity index is 475. The van der Waals surface area contributed by atoms with Crippen LogP contribution in [0.25, 0.3) is 0 Å². The summed E-state index contributed by atoms with van der Waals surface area (Å²) in [7, 11) is 3.54. The number of nitrogens with one attached hydrogen (secondary N) is 1. The van der Waals surface area contributed by atoms with E-state index in [1.54, 1.807) is 23.9 Å². The molecule has 1 N–H and O–H groups in total. The third kappa shape index (κ3) is 3.57. The SMILES string of the molecule is CN(Cc1ccccc1)C(=O)CC1NCCN(C)C1=O. The average molecular weight is 275 g/mol. The number of benzene rings is 1. The highest BCUT2D eigenvalue weighted by molar-refractivity contribution is 5.88. The standard InChI is InChI=1S/C15H21N3O2/c1-17-9-8-16-13(15(17)20)10-14(19)18(2)11-12-6-4-3-5-7-12/h3-7,13,16H,8-11H2,1-2H3. The van der Waals surface area contributed by atoms with Crippen LogP contribution in [0.4, 0.5) is 0 Å². The lowest BCUT2D eigenvalue weighted by molar-refractivity contribution is -0.139. The van der Waals surface area contributed by atoms with E-state index in [1.807, 2.05) is 30.3 Å². The molecule has 0 radical (unpaired) electrons. The Morgan fingerprint density at radius 2 is 2.10 bits per heavy atom. The molecule has 5 heteroatoms. The molecule has 0 spiro atoms. The molecule has 0 aromatic heterocycles. The van der Waals surface area contributed by atoms with Crippen molar-refractivity contribution >= 4 is 11.8 Å². The van der Waals surface area contributed by atoms with Gasteiger partial charge >= 0.3 is 0 Å². The first-order valence-electron chi connectivity index (χ1n) is 6.84. The van der Waals surface area contributed by atoms with Crippen LogP contribution < -0.4 is 5.32 Å². The van der Waals surface area contributed by atoms with Crippen molar-refractivity contribution in [2.75, 3.05) is 27.2 Å². The first kappa shape index (κ1) is 14.5. The van der Waals surface area contributed by atoms with Gasteiger partial charge in [0, 0.05) is 33.7 Å². The molecular formula is C15H21N3O2. The lowest BCUT2D eigenvalue weighted by atomic mass is 10.1. The fraction of sp³-hybridized carbons (Fsp3) is 0.467. The van der Waals surface area contributed by atoms with Gasteiger partial charge in [0.15, 0.2) is 0 Å². The van der Waals surface area contributed by atoms with Gasteiger partial charge in [-0.05, 0) is 5.56 Å². The van der Waals surface area contributed by atoms with Gasteiger partial charge < -0.3 is 15.1 Å². The molecule has 1 saturated heterocycles. The zero-order chi connectivity index (χ0) is 14.5. The summed E-state index contributed by atoms with van der Waals surface area (Å²) < 4.78 is 0. The molecule has 0 aliphatic carbocycles. The Balaban J connectivity index is 1.89. The van der Waals surface area contributed by atoms with Crippen LogP contribution in [0.5, 0.6) is 0 Å². The van der Waals surface area contributed by atoms with Gasteiger partial charge in [-0.15, -0.1) is 0 Å². The number of hydrogen-bond acceptors (Lipinski definition) is 3. The second kappa shape index (κ2) is 6.52. The van der Waals surface area contributed by atoms with Crippen LogP contribution in [0.2, 0.25) is 0 Å². The van der Waals surface area contributed by atoms with Crippen LogP contribution in [0.1, 0.15) is 12.0 Å². The quantitative estimate of drug-likeness (QED) is 0.869. The summed E-state index contributed by atoms with van der Waals surface area (Å²) in [5.41, 5.74) is 1.09.